The van der Waals surface area contributed by atoms with Crippen LogP contribution in [0.1, 0.15) is 40.7 Å². The van der Waals surface area contributed by atoms with Crippen molar-refractivity contribution in [2.75, 3.05) is 34.4 Å². The van der Waals surface area contributed by atoms with Gasteiger partial charge in [-0.1, -0.05) is 30.3 Å². The van der Waals surface area contributed by atoms with E-state index in [9.17, 15) is 4.79 Å². The lowest BCUT2D eigenvalue weighted by Gasteiger charge is -2.33. The van der Waals surface area contributed by atoms with Gasteiger partial charge in [0.1, 0.15) is 0 Å². The van der Waals surface area contributed by atoms with Gasteiger partial charge in [-0.15, -0.1) is 0 Å². The maximum Gasteiger partial charge on any atom is 0.204 e. The molecule has 0 amide bonds. The molecule has 2 aromatic rings. The molecule has 0 N–H and O–H groups in total. The molecule has 1 fully saturated rings. The van der Waals surface area contributed by atoms with E-state index >= 15 is 0 Å². The Labute approximate surface area is 178 Å². The van der Waals surface area contributed by atoms with Crippen LogP contribution in [-0.4, -0.2) is 45.1 Å². The van der Waals surface area contributed by atoms with Crippen LogP contribution in [0.15, 0.2) is 36.4 Å². The quantitative estimate of drug-likeness (QED) is 0.680. The van der Waals surface area contributed by atoms with Crippen molar-refractivity contribution in [3.63, 3.8) is 0 Å². The number of likely N-dealkylation sites (tertiary alicyclic amines) is 1. The van der Waals surface area contributed by atoms with E-state index in [2.05, 4.69) is 35.2 Å². The zero-order chi connectivity index (χ0) is 21.1. The smallest absolute Gasteiger partial charge is 0.204 e. The van der Waals surface area contributed by atoms with E-state index < -0.39 is 0 Å². The second-order valence-corrected chi connectivity index (χ2v) is 8.39. The van der Waals surface area contributed by atoms with Crippen molar-refractivity contribution >= 4 is 5.78 Å². The number of piperidine rings is 1. The van der Waals surface area contributed by atoms with E-state index in [4.69, 9.17) is 14.2 Å². The topological polar surface area (TPSA) is 48.0 Å². The number of carbonyl (C=O) groups excluding carboxylic acids is 1. The summed E-state index contributed by atoms with van der Waals surface area (Å²) in [5, 5.41) is 0. The van der Waals surface area contributed by atoms with Gasteiger partial charge in [0.25, 0.3) is 0 Å². The summed E-state index contributed by atoms with van der Waals surface area (Å²) in [7, 11) is 4.77. The van der Waals surface area contributed by atoms with Crippen LogP contribution in [0.3, 0.4) is 0 Å². The molecular formula is C25H31NO4. The fourth-order valence-corrected chi connectivity index (χ4v) is 5.01. The number of carbonyl (C=O) groups is 1. The van der Waals surface area contributed by atoms with Crippen LogP contribution in [0.4, 0.5) is 0 Å². The Bertz CT molecular complexity index is 888. The molecule has 0 spiro atoms. The monoisotopic (exact) mass is 409 g/mol. The maximum atomic E-state index is 13.2. The minimum Gasteiger partial charge on any atom is -0.493 e. The molecule has 0 saturated carbocycles. The normalized spacial score (nSPS) is 19.6. The molecule has 2 aliphatic rings. The Morgan fingerprint density at radius 1 is 0.967 bits per heavy atom. The van der Waals surface area contributed by atoms with Gasteiger partial charge in [0.2, 0.25) is 5.75 Å². The molecule has 1 aliphatic carbocycles. The van der Waals surface area contributed by atoms with Crippen LogP contribution in [0.2, 0.25) is 0 Å². The largest absolute Gasteiger partial charge is 0.493 e. The van der Waals surface area contributed by atoms with Crippen LogP contribution in [-0.2, 0) is 13.0 Å². The summed E-state index contributed by atoms with van der Waals surface area (Å²) in [5.41, 5.74) is 3.06. The number of nitrogens with zero attached hydrogens (tertiary/aromatic N) is 1. The Morgan fingerprint density at radius 3 is 2.30 bits per heavy atom. The van der Waals surface area contributed by atoms with Crippen LogP contribution < -0.4 is 14.2 Å². The molecule has 1 heterocycles. The van der Waals surface area contributed by atoms with E-state index in [0.29, 0.717) is 28.7 Å². The highest BCUT2D eigenvalue weighted by molar-refractivity contribution is 6.05. The fourth-order valence-electron chi connectivity index (χ4n) is 5.01. The van der Waals surface area contributed by atoms with Crippen LogP contribution in [0.5, 0.6) is 17.2 Å². The average molecular weight is 410 g/mol. The van der Waals surface area contributed by atoms with Crippen molar-refractivity contribution < 1.29 is 19.0 Å². The number of rotatable bonds is 7. The van der Waals surface area contributed by atoms with Crippen LogP contribution >= 0.6 is 0 Å². The molecule has 2 aromatic carbocycles. The third kappa shape index (κ3) is 4.04. The summed E-state index contributed by atoms with van der Waals surface area (Å²) < 4.78 is 16.5. The number of methoxy groups -OCH3 is 3. The number of Topliss-reactive ketones (excluding diaryl/α,β-unsaturated/α-hetero) is 1. The number of benzene rings is 2. The van der Waals surface area contributed by atoms with Crippen LogP contribution in [0, 0.1) is 11.8 Å². The molecule has 4 rings (SSSR count). The number of ether oxygens (including phenoxy) is 3. The van der Waals surface area contributed by atoms with Crippen molar-refractivity contribution in [2.24, 2.45) is 11.8 Å². The standard InChI is InChI=1S/C25H31NO4/c1-28-21-15-19-14-20(23(27)22(19)25(30-3)24(21)29-2)13-17-9-11-26(12-10-17)16-18-7-5-4-6-8-18/h4-8,15,17,20H,9-14,16H2,1-3H3. The van der Waals surface area contributed by atoms with Crippen molar-refractivity contribution in [2.45, 2.75) is 32.2 Å². The molecular weight excluding hydrogens is 378 g/mol. The SMILES string of the molecule is COc1cc2c(c(OC)c1OC)C(=O)C(CC1CCN(Cc3ccccc3)CC1)C2. The van der Waals surface area contributed by atoms with Gasteiger partial charge in [-0.05, 0) is 61.9 Å². The minimum absolute atomic E-state index is 0.0244. The average Bonchev–Trinajstić information content (AvgIpc) is 3.09. The number of hydrogen-bond donors (Lipinski definition) is 0. The second kappa shape index (κ2) is 9.09. The van der Waals surface area contributed by atoms with Crippen molar-refractivity contribution in [3.05, 3.63) is 53.1 Å². The predicted molar refractivity (Wildman–Crippen MR) is 117 cm³/mol. The first-order valence-corrected chi connectivity index (χ1v) is 10.8. The number of ketones is 1. The van der Waals surface area contributed by atoms with Gasteiger partial charge in [0.15, 0.2) is 17.3 Å². The summed E-state index contributed by atoms with van der Waals surface area (Å²) in [6, 6.07) is 12.6. The molecule has 1 unspecified atom stereocenters. The lowest BCUT2D eigenvalue weighted by Crippen LogP contribution is -2.34. The Morgan fingerprint density at radius 2 is 1.67 bits per heavy atom. The van der Waals surface area contributed by atoms with E-state index in [1.165, 1.54) is 5.56 Å². The lowest BCUT2D eigenvalue weighted by molar-refractivity contribution is 0.0893. The summed E-state index contributed by atoms with van der Waals surface area (Å²) in [6.45, 7) is 3.20. The van der Waals surface area contributed by atoms with Gasteiger partial charge in [0.05, 0.1) is 26.9 Å². The minimum atomic E-state index is 0.0244. The Kier molecular flexibility index (Phi) is 6.28. The zero-order valence-electron chi connectivity index (χ0n) is 18.1. The van der Waals surface area contributed by atoms with Gasteiger partial charge in [0, 0.05) is 12.5 Å². The first-order chi connectivity index (χ1) is 14.6. The molecule has 0 aromatic heterocycles. The molecule has 5 nitrogen and oxygen atoms in total. The Balaban J connectivity index is 1.40. The lowest BCUT2D eigenvalue weighted by atomic mass is 9.85. The van der Waals surface area contributed by atoms with Gasteiger partial charge < -0.3 is 14.2 Å². The molecule has 0 radical (unpaired) electrons. The fraction of sp³-hybridized carbons (Fsp3) is 0.480. The molecule has 1 saturated heterocycles. The third-order valence-electron chi connectivity index (χ3n) is 6.57. The molecule has 1 aliphatic heterocycles. The van der Waals surface area contributed by atoms with E-state index in [-0.39, 0.29) is 11.7 Å². The Hall–Kier alpha value is -2.53. The van der Waals surface area contributed by atoms with E-state index in [1.807, 2.05) is 6.07 Å². The molecule has 1 atom stereocenters. The van der Waals surface area contributed by atoms with Crippen molar-refractivity contribution in [3.8, 4) is 17.2 Å². The summed E-state index contributed by atoms with van der Waals surface area (Å²) in [6.07, 6.45) is 4.00. The van der Waals surface area contributed by atoms with Gasteiger partial charge in [-0.25, -0.2) is 0 Å². The van der Waals surface area contributed by atoms with Gasteiger partial charge in [-0.2, -0.15) is 0 Å². The first-order valence-electron chi connectivity index (χ1n) is 10.8. The van der Waals surface area contributed by atoms with Crippen molar-refractivity contribution in [1.29, 1.82) is 0 Å². The third-order valence-corrected chi connectivity index (χ3v) is 6.57. The zero-order valence-corrected chi connectivity index (χ0v) is 18.1. The second-order valence-electron chi connectivity index (χ2n) is 8.39. The first kappa shape index (κ1) is 20.7. The van der Waals surface area contributed by atoms with E-state index in [0.717, 1.165) is 50.9 Å². The maximum absolute atomic E-state index is 13.2. The van der Waals surface area contributed by atoms with Crippen LogP contribution in [0.25, 0.3) is 0 Å². The highest BCUT2D eigenvalue weighted by Crippen LogP contribution is 2.47. The molecule has 30 heavy (non-hydrogen) atoms. The summed E-state index contributed by atoms with van der Waals surface area (Å²) >= 11 is 0. The molecule has 160 valence electrons. The highest BCUT2D eigenvalue weighted by Gasteiger charge is 2.38. The number of hydrogen-bond acceptors (Lipinski definition) is 5. The van der Waals surface area contributed by atoms with Gasteiger partial charge >= 0.3 is 0 Å². The summed E-state index contributed by atoms with van der Waals surface area (Å²) in [4.78, 5) is 15.8. The molecule has 5 heteroatoms. The van der Waals surface area contributed by atoms with Gasteiger partial charge in [-0.3, -0.25) is 9.69 Å². The van der Waals surface area contributed by atoms with E-state index in [1.54, 1.807) is 21.3 Å². The van der Waals surface area contributed by atoms with Crippen molar-refractivity contribution in [1.82, 2.24) is 4.90 Å². The highest BCUT2D eigenvalue weighted by atomic mass is 16.5. The predicted octanol–water partition coefficient (Wildman–Crippen LogP) is 4.37. The number of fused-ring (bicyclic) bond motifs is 1. The summed E-state index contributed by atoms with van der Waals surface area (Å²) in [5.74, 6) is 2.44. The molecule has 0 bridgehead atoms.